The minimum Gasteiger partial charge on any atom is -0.355 e. The van der Waals surface area contributed by atoms with Gasteiger partial charge in [0, 0.05) is 13.1 Å². The Morgan fingerprint density at radius 1 is 1.17 bits per heavy atom. The highest BCUT2D eigenvalue weighted by Gasteiger charge is 2.17. The Morgan fingerprint density at radius 3 is 2.52 bits per heavy atom. The third-order valence-electron chi connectivity index (χ3n) is 4.56. The van der Waals surface area contributed by atoms with Crippen LogP contribution in [0, 0.1) is 0 Å². The summed E-state index contributed by atoms with van der Waals surface area (Å²) in [7, 11) is 0. The lowest BCUT2D eigenvalue weighted by atomic mass is 10.1. The van der Waals surface area contributed by atoms with Gasteiger partial charge in [0.2, 0.25) is 11.8 Å². The minimum absolute atomic E-state index is 0.0648. The highest BCUT2D eigenvalue weighted by atomic mass is 32.2. The molecule has 0 saturated carbocycles. The lowest BCUT2D eigenvalue weighted by Gasteiger charge is -2.14. The number of likely N-dealkylation sites (N-methyl/N-ethyl adjacent to an activating group) is 1. The number of nitrogens with zero attached hydrogens (tertiary/aromatic N) is 2. The van der Waals surface area contributed by atoms with E-state index < -0.39 is 6.04 Å². The molecule has 3 rings (SSSR count). The fourth-order valence-corrected chi connectivity index (χ4v) is 3.96. The molecular weight excluding hydrogens is 388 g/mol. The van der Waals surface area contributed by atoms with E-state index in [4.69, 9.17) is 0 Å². The number of benzene rings is 2. The van der Waals surface area contributed by atoms with Gasteiger partial charge >= 0.3 is 0 Å². The molecule has 152 valence electrons. The summed E-state index contributed by atoms with van der Waals surface area (Å²) >= 11 is 1.19. The Balaban J connectivity index is 1.85. The summed E-state index contributed by atoms with van der Waals surface area (Å²) in [4.78, 5) is 41.6. The average Bonchev–Trinajstić information content (AvgIpc) is 2.71. The predicted molar refractivity (Wildman–Crippen MR) is 116 cm³/mol. The second-order valence-electron chi connectivity index (χ2n) is 6.63. The quantitative estimate of drug-likeness (QED) is 0.353. The van der Waals surface area contributed by atoms with E-state index in [0.717, 1.165) is 10.8 Å². The molecule has 0 radical (unpaired) electrons. The van der Waals surface area contributed by atoms with Crippen molar-refractivity contribution >= 4 is 45.3 Å². The maximum absolute atomic E-state index is 13.0. The van der Waals surface area contributed by atoms with Crippen LogP contribution in [-0.4, -0.2) is 39.7 Å². The normalized spacial score (nSPS) is 12.1. The monoisotopic (exact) mass is 412 g/mol. The number of carbonyl (C=O) groups is 2. The van der Waals surface area contributed by atoms with E-state index in [2.05, 4.69) is 15.6 Å². The summed E-state index contributed by atoms with van der Waals surface area (Å²) < 4.78 is 1.57. The highest BCUT2D eigenvalue weighted by molar-refractivity contribution is 7.99. The summed E-state index contributed by atoms with van der Waals surface area (Å²) in [5, 5.41) is 8.37. The average molecular weight is 413 g/mol. The van der Waals surface area contributed by atoms with E-state index in [9.17, 15) is 14.4 Å². The Bertz CT molecular complexity index is 1130. The van der Waals surface area contributed by atoms with E-state index in [1.165, 1.54) is 11.8 Å². The van der Waals surface area contributed by atoms with Crippen LogP contribution in [0.2, 0.25) is 0 Å². The largest absolute Gasteiger partial charge is 0.355 e. The SMILES string of the molecule is CCNC(=O)[C@@H](C)NC(=O)CSc1nc2cc3ccccc3cc2c(=O)n1CC. The molecule has 2 amide bonds. The van der Waals surface area contributed by atoms with Crippen LogP contribution in [0.15, 0.2) is 46.3 Å². The van der Waals surface area contributed by atoms with E-state index in [1.54, 1.807) is 11.5 Å². The number of hydrogen-bond donors (Lipinski definition) is 2. The van der Waals surface area contributed by atoms with Gasteiger partial charge in [0.1, 0.15) is 6.04 Å². The molecule has 0 unspecified atom stereocenters. The molecule has 0 spiro atoms. The number of thioether (sulfide) groups is 1. The van der Waals surface area contributed by atoms with Crippen molar-refractivity contribution in [2.45, 2.75) is 38.5 Å². The number of nitrogens with one attached hydrogen (secondary N) is 2. The number of hydrogen-bond acceptors (Lipinski definition) is 5. The van der Waals surface area contributed by atoms with Crippen LogP contribution in [0.3, 0.4) is 0 Å². The fraction of sp³-hybridized carbons (Fsp3) is 0.333. The first-order valence-corrected chi connectivity index (χ1v) is 10.6. The predicted octanol–water partition coefficient (Wildman–Crippen LogP) is 2.30. The molecule has 1 atom stereocenters. The molecular formula is C21H24N4O3S. The minimum atomic E-state index is -0.618. The van der Waals surface area contributed by atoms with E-state index in [0.29, 0.717) is 29.1 Å². The molecule has 0 bridgehead atoms. The van der Waals surface area contributed by atoms with Gasteiger partial charge in [-0.3, -0.25) is 19.0 Å². The summed E-state index contributed by atoms with van der Waals surface area (Å²) in [5.74, 6) is -0.453. The second kappa shape index (κ2) is 9.09. The Morgan fingerprint density at radius 2 is 1.86 bits per heavy atom. The highest BCUT2D eigenvalue weighted by Crippen LogP contribution is 2.22. The number of aromatic nitrogens is 2. The lowest BCUT2D eigenvalue weighted by Crippen LogP contribution is -2.45. The van der Waals surface area contributed by atoms with Crippen LogP contribution in [0.1, 0.15) is 20.8 Å². The number of rotatable bonds is 7. The number of carbonyl (C=O) groups excluding carboxylic acids is 2. The molecule has 8 heteroatoms. The summed E-state index contributed by atoms with van der Waals surface area (Å²) in [6.07, 6.45) is 0. The Kier molecular flexibility index (Phi) is 6.53. The molecule has 2 aromatic carbocycles. The van der Waals surface area contributed by atoms with Gasteiger partial charge in [-0.25, -0.2) is 4.98 Å². The summed E-state index contributed by atoms with van der Waals surface area (Å²) in [6, 6.07) is 11.0. The molecule has 0 saturated heterocycles. The first kappa shape index (κ1) is 20.9. The topological polar surface area (TPSA) is 93.1 Å². The van der Waals surface area contributed by atoms with Crippen molar-refractivity contribution in [3.63, 3.8) is 0 Å². The van der Waals surface area contributed by atoms with Gasteiger partial charge < -0.3 is 10.6 Å². The zero-order valence-electron chi connectivity index (χ0n) is 16.7. The van der Waals surface area contributed by atoms with E-state index >= 15 is 0 Å². The summed E-state index contributed by atoms with van der Waals surface area (Å²) in [6.45, 7) is 6.28. The molecule has 0 aliphatic carbocycles. The van der Waals surface area contributed by atoms with Crippen molar-refractivity contribution in [1.29, 1.82) is 0 Å². The molecule has 0 aliphatic heterocycles. The molecule has 29 heavy (non-hydrogen) atoms. The van der Waals surface area contributed by atoms with Crippen molar-refractivity contribution in [1.82, 2.24) is 20.2 Å². The van der Waals surface area contributed by atoms with E-state index in [1.807, 2.05) is 50.2 Å². The Labute approximate surface area is 172 Å². The number of amides is 2. The first-order chi connectivity index (χ1) is 13.9. The maximum Gasteiger partial charge on any atom is 0.262 e. The van der Waals surface area contributed by atoms with E-state index in [-0.39, 0.29) is 23.1 Å². The molecule has 0 fully saturated rings. The second-order valence-corrected chi connectivity index (χ2v) is 7.58. The van der Waals surface area contributed by atoms with Crippen molar-refractivity contribution in [2.75, 3.05) is 12.3 Å². The standard InChI is InChI=1S/C21H24N4O3S/c1-4-22-19(27)13(3)23-18(26)12-29-21-24-17-11-15-9-7-6-8-14(15)10-16(17)20(28)25(21)5-2/h6-11,13H,4-5,12H2,1-3H3,(H,22,27)(H,23,26)/t13-/m1/s1. The van der Waals surface area contributed by atoms with Crippen LogP contribution in [0.5, 0.6) is 0 Å². The van der Waals surface area contributed by atoms with Crippen LogP contribution >= 0.6 is 11.8 Å². The summed E-state index contributed by atoms with van der Waals surface area (Å²) in [5.41, 5.74) is 0.485. The zero-order valence-corrected chi connectivity index (χ0v) is 17.5. The van der Waals surface area contributed by atoms with Gasteiger partial charge in [0.05, 0.1) is 16.7 Å². The van der Waals surface area contributed by atoms with Gasteiger partial charge in [-0.15, -0.1) is 0 Å². The number of fused-ring (bicyclic) bond motifs is 2. The van der Waals surface area contributed by atoms with Gasteiger partial charge in [-0.2, -0.15) is 0 Å². The molecule has 7 nitrogen and oxygen atoms in total. The first-order valence-electron chi connectivity index (χ1n) is 9.57. The van der Waals surface area contributed by atoms with Crippen molar-refractivity contribution < 1.29 is 9.59 Å². The van der Waals surface area contributed by atoms with Gasteiger partial charge in [-0.1, -0.05) is 36.0 Å². The van der Waals surface area contributed by atoms with Gasteiger partial charge in [0.25, 0.3) is 5.56 Å². The fourth-order valence-electron chi connectivity index (χ4n) is 3.08. The van der Waals surface area contributed by atoms with Crippen molar-refractivity contribution in [2.24, 2.45) is 0 Å². The van der Waals surface area contributed by atoms with Crippen LogP contribution in [0.4, 0.5) is 0 Å². The molecule has 2 N–H and O–H groups in total. The smallest absolute Gasteiger partial charge is 0.262 e. The van der Waals surface area contributed by atoms with Crippen molar-refractivity contribution in [3.8, 4) is 0 Å². The third kappa shape index (κ3) is 4.59. The molecule has 3 aromatic rings. The Hall–Kier alpha value is -2.87. The van der Waals surface area contributed by atoms with Crippen molar-refractivity contribution in [3.05, 3.63) is 46.8 Å². The van der Waals surface area contributed by atoms with Crippen LogP contribution < -0.4 is 16.2 Å². The van der Waals surface area contributed by atoms with Crippen LogP contribution in [0.25, 0.3) is 21.7 Å². The molecule has 1 heterocycles. The molecule has 0 aliphatic rings. The molecule has 1 aromatic heterocycles. The zero-order chi connectivity index (χ0) is 21.0. The lowest BCUT2D eigenvalue weighted by molar-refractivity contribution is -0.127. The maximum atomic E-state index is 13.0. The van der Waals surface area contributed by atoms with Crippen LogP contribution in [-0.2, 0) is 16.1 Å². The van der Waals surface area contributed by atoms with Gasteiger partial charge in [0.15, 0.2) is 5.16 Å². The van der Waals surface area contributed by atoms with Gasteiger partial charge in [-0.05, 0) is 43.7 Å². The third-order valence-corrected chi connectivity index (χ3v) is 5.53.